The maximum absolute atomic E-state index is 13.6. The molecule has 1 saturated heterocycles. The van der Waals surface area contributed by atoms with Crippen LogP contribution in [0.2, 0.25) is 0 Å². The van der Waals surface area contributed by atoms with Crippen LogP contribution in [0, 0.1) is 0 Å². The van der Waals surface area contributed by atoms with Crippen LogP contribution in [0.3, 0.4) is 0 Å². The summed E-state index contributed by atoms with van der Waals surface area (Å²) in [6.07, 6.45) is 0.846. The van der Waals surface area contributed by atoms with Crippen LogP contribution >= 0.6 is 12.2 Å². The van der Waals surface area contributed by atoms with Gasteiger partial charge in [0.25, 0.3) is 5.91 Å². The van der Waals surface area contributed by atoms with E-state index in [4.69, 9.17) is 26.4 Å². The van der Waals surface area contributed by atoms with Crippen LogP contribution in [0.1, 0.15) is 25.3 Å². The normalized spacial score (nSPS) is 15.0. The highest BCUT2D eigenvalue weighted by atomic mass is 32.1. The number of nitrogens with one attached hydrogen (secondary N) is 1. The molecule has 1 fully saturated rings. The van der Waals surface area contributed by atoms with E-state index in [1.54, 1.807) is 37.3 Å². The first-order valence-corrected chi connectivity index (χ1v) is 12.8. The number of methoxy groups -OCH3 is 2. The molecule has 4 rings (SSSR count). The molecule has 0 spiro atoms. The van der Waals surface area contributed by atoms with Crippen LogP contribution in [0.4, 0.5) is 11.4 Å². The quantitative estimate of drug-likeness (QED) is 0.347. The summed E-state index contributed by atoms with van der Waals surface area (Å²) in [5.74, 6) is 1.37. The Kier molecular flexibility index (Phi) is 8.81. The lowest BCUT2D eigenvalue weighted by Crippen LogP contribution is -2.37. The van der Waals surface area contributed by atoms with Gasteiger partial charge in [0.1, 0.15) is 11.8 Å². The Balaban J connectivity index is 1.55. The van der Waals surface area contributed by atoms with Crippen molar-refractivity contribution in [1.82, 2.24) is 4.90 Å². The SMILES string of the molecule is CCCOc1ccc(NC(=O)CC2C(=O)N(c3ccccc3)C(=S)N2Cc2ccc(OC)c(OC)c2)cc1. The summed E-state index contributed by atoms with van der Waals surface area (Å²) in [6, 6.07) is 21.1. The topological polar surface area (TPSA) is 80.3 Å². The third-order valence-corrected chi connectivity index (χ3v) is 6.54. The largest absolute Gasteiger partial charge is 0.494 e. The molecule has 0 aliphatic carbocycles. The first-order valence-electron chi connectivity index (χ1n) is 12.4. The molecule has 1 unspecified atom stereocenters. The van der Waals surface area contributed by atoms with Gasteiger partial charge in [-0.1, -0.05) is 31.2 Å². The van der Waals surface area contributed by atoms with Gasteiger partial charge < -0.3 is 24.4 Å². The molecule has 3 aromatic carbocycles. The van der Waals surface area contributed by atoms with Gasteiger partial charge in [0, 0.05) is 12.2 Å². The fourth-order valence-electron chi connectivity index (χ4n) is 4.25. The molecule has 38 heavy (non-hydrogen) atoms. The zero-order chi connectivity index (χ0) is 27.1. The summed E-state index contributed by atoms with van der Waals surface area (Å²) in [6.45, 7) is 2.98. The van der Waals surface area contributed by atoms with Crippen molar-refractivity contribution in [2.75, 3.05) is 31.0 Å². The first-order chi connectivity index (χ1) is 18.4. The van der Waals surface area contributed by atoms with Gasteiger partial charge >= 0.3 is 0 Å². The number of hydrogen-bond acceptors (Lipinski definition) is 6. The van der Waals surface area contributed by atoms with Crippen molar-refractivity contribution in [1.29, 1.82) is 0 Å². The predicted molar refractivity (Wildman–Crippen MR) is 151 cm³/mol. The second-order valence-electron chi connectivity index (χ2n) is 8.75. The van der Waals surface area contributed by atoms with Crippen LogP contribution in [0.25, 0.3) is 0 Å². The summed E-state index contributed by atoms with van der Waals surface area (Å²) in [5.41, 5.74) is 2.14. The number of nitrogens with zero attached hydrogens (tertiary/aromatic N) is 2. The zero-order valence-electron chi connectivity index (χ0n) is 21.7. The lowest BCUT2D eigenvalue weighted by molar-refractivity contribution is -0.124. The van der Waals surface area contributed by atoms with Gasteiger partial charge in [0.05, 0.1) is 32.9 Å². The van der Waals surface area contributed by atoms with E-state index in [0.29, 0.717) is 41.1 Å². The lowest BCUT2D eigenvalue weighted by atomic mass is 10.1. The van der Waals surface area contributed by atoms with Gasteiger partial charge in [-0.2, -0.15) is 0 Å². The standard InChI is InChI=1S/C29H31N3O5S/c1-4-16-37-23-13-11-21(12-14-23)30-27(33)18-24-28(34)32(22-8-6-5-7-9-22)29(38)31(24)19-20-10-15-25(35-2)26(17-20)36-3/h5-15,17,24H,4,16,18-19H2,1-3H3,(H,30,33). The molecule has 0 bridgehead atoms. The van der Waals surface area contributed by atoms with Gasteiger partial charge in [-0.3, -0.25) is 14.5 Å². The Morgan fingerprint density at radius 2 is 1.68 bits per heavy atom. The summed E-state index contributed by atoms with van der Waals surface area (Å²) >= 11 is 5.77. The van der Waals surface area contributed by atoms with Crippen LogP contribution in [-0.2, 0) is 16.1 Å². The summed E-state index contributed by atoms with van der Waals surface area (Å²) < 4.78 is 16.4. The maximum atomic E-state index is 13.6. The Bertz CT molecular complexity index is 1280. The van der Waals surface area contributed by atoms with Crippen molar-refractivity contribution < 1.29 is 23.8 Å². The van der Waals surface area contributed by atoms with E-state index < -0.39 is 6.04 Å². The second-order valence-corrected chi connectivity index (χ2v) is 9.12. The average molecular weight is 534 g/mol. The summed E-state index contributed by atoms with van der Waals surface area (Å²) in [4.78, 5) is 30.0. The maximum Gasteiger partial charge on any atom is 0.256 e. The number of carbonyl (C=O) groups is 2. The third-order valence-electron chi connectivity index (χ3n) is 6.12. The second kappa shape index (κ2) is 12.4. The van der Waals surface area contributed by atoms with Crippen molar-refractivity contribution in [3.05, 3.63) is 78.4 Å². The number of carbonyl (C=O) groups excluding carboxylic acids is 2. The van der Waals surface area contributed by atoms with Crippen molar-refractivity contribution >= 4 is 40.5 Å². The molecule has 1 atom stereocenters. The number of ether oxygens (including phenoxy) is 3. The molecule has 0 aromatic heterocycles. The van der Waals surface area contributed by atoms with Crippen LogP contribution < -0.4 is 24.4 Å². The smallest absolute Gasteiger partial charge is 0.256 e. The molecule has 0 radical (unpaired) electrons. The van der Waals surface area contributed by atoms with E-state index in [2.05, 4.69) is 5.32 Å². The van der Waals surface area contributed by atoms with Crippen molar-refractivity contribution in [2.45, 2.75) is 32.4 Å². The molecule has 1 N–H and O–H groups in total. The van der Waals surface area contributed by atoms with E-state index in [-0.39, 0.29) is 18.2 Å². The number of para-hydroxylation sites is 1. The molecular formula is C29H31N3O5S. The monoisotopic (exact) mass is 533 g/mol. The van der Waals surface area contributed by atoms with Gasteiger partial charge in [-0.05, 0) is 72.7 Å². The number of thiocarbonyl (C=S) groups is 1. The molecule has 1 aliphatic rings. The van der Waals surface area contributed by atoms with Crippen LogP contribution in [0.15, 0.2) is 72.8 Å². The number of rotatable bonds is 11. The van der Waals surface area contributed by atoms with E-state index in [0.717, 1.165) is 17.7 Å². The molecular weight excluding hydrogens is 502 g/mol. The van der Waals surface area contributed by atoms with Crippen LogP contribution in [0.5, 0.6) is 17.2 Å². The van der Waals surface area contributed by atoms with Crippen molar-refractivity contribution in [3.8, 4) is 17.2 Å². The Morgan fingerprint density at radius 1 is 0.974 bits per heavy atom. The highest BCUT2D eigenvalue weighted by Crippen LogP contribution is 2.32. The van der Waals surface area contributed by atoms with Gasteiger partial charge in [-0.25, -0.2) is 0 Å². The highest BCUT2D eigenvalue weighted by molar-refractivity contribution is 7.80. The summed E-state index contributed by atoms with van der Waals surface area (Å²) in [7, 11) is 3.14. The summed E-state index contributed by atoms with van der Waals surface area (Å²) in [5, 5.41) is 3.23. The number of amides is 2. The Morgan fingerprint density at radius 3 is 2.34 bits per heavy atom. The van der Waals surface area contributed by atoms with E-state index in [1.165, 1.54) is 4.90 Å². The molecule has 3 aromatic rings. The molecule has 198 valence electrons. The van der Waals surface area contributed by atoms with Crippen molar-refractivity contribution in [3.63, 3.8) is 0 Å². The fourth-order valence-corrected chi connectivity index (χ4v) is 4.63. The first kappa shape index (κ1) is 26.9. The van der Waals surface area contributed by atoms with E-state index >= 15 is 0 Å². The number of hydrogen-bond donors (Lipinski definition) is 1. The molecule has 2 amide bonds. The molecule has 1 heterocycles. The molecule has 1 aliphatic heterocycles. The Hall–Kier alpha value is -4.11. The molecule has 0 saturated carbocycles. The number of anilines is 2. The fraction of sp³-hybridized carbons (Fsp3) is 0.276. The van der Waals surface area contributed by atoms with Crippen molar-refractivity contribution in [2.24, 2.45) is 0 Å². The van der Waals surface area contributed by atoms with Gasteiger partial charge in [-0.15, -0.1) is 0 Å². The highest BCUT2D eigenvalue weighted by Gasteiger charge is 2.44. The minimum absolute atomic E-state index is 0.0658. The minimum Gasteiger partial charge on any atom is -0.494 e. The van der Waals surface area contributed by atoms with Gasteiger partial charge in [0.15, 0.2) is 16.6 Å². The van der Waals surface area contributed by atoms with Gasteiger partial charge in [0.2, 0.25) is 5.91 Å². The van der Waals surface area contributed by atoms with E-state index in [1.807, 2.05) is 61.5 Å². The predicted octanol–water partition coefficient (Wildman–Crippen LogP) is 5.02. The van der Waals surface area contributed by atoms with Crippen LogP contribution in [-0.4, -0.2) is 48.7 Å². The lowest BCUT2D eigenvalue weighted by Gasteiger charge is -2.24. The Labute approximate surface area is 228 Å². The third kappa shape index (κ3) is 6.06. The molecule has 8 nitrogen and oxygen atoms in total. The minimum atomic E-state index is -0.775. The molecule has 9 heteroatoms. The average Bonchev–Trinajstić information content (AvgIpc) is 3.16. The zero-order valence-corrected chi connectivity index (χ0v) is 22.5. The van der Waals surface area contributed by atoms with E-state index in [9.17, 15) is 9.59 Å². The number of benzene rings is 3.